The van der Waals surface area contributed by atoms with E-state index in [0.29, 0.717) is 17.7 Å². The van der Waals surface area contributed by atoms with Gasteiger partial charge in [-0.15, -0.1) is 0 Å². The van der Waals surface area contributed by atoms with Crippen molar-refractivity contribution < 1.29 is 17.6 Å². The third-order valence-corrected chi connectivity index (χ3v) is 7.99. The molecule has 2 fully saturated rings. The maximum atomic E-state index is 14.1. The summed E-state index contributed by atoms with van der Waals surface area (Å²) in [6.45, 7) is 2.61. The molecule has 30 heavy (non-hydrogen) atoms. The molecule has 0 bridgehead atoms. The molecule has 0 N–H and O–H groups in total. The molecular weight excluding hydrogens is 403 g/mol. The van der Waals surface area contributed by atoms with Crippen LogP contribution in [0.2, 0.25) is 0 Å². The molecule has 1 unspecified atom stereocenters. The van der Waals surface area contributed by atoms with Crippen molar-refractivity contribution in [2.24, 2.45) is 0 Å². The number of sulfonamides is 1. The highest BCUT2D eigenvalue weighted by atomic mass is 32.2. The Morgan fingerprint density at radius 2 is 1.87 bits per heavy atom. The minimum absolute atomic E-state index is 0.0490. The molecule has 1 atom stereocenters. The van der Waals surface area contributed by atoms with Crippen LogP contribution in [-0.2, 0) is 16.6 Å². The number of carbonyl (C=O) groups excluding carboxylic acids is 1. The van der Waals surface area contributed by atoms with Crippen molar-refractivity contribution >= 4 is 15.9 Å². The van der Waals surface area contributed by atoms with E-state index in [1.54, 1.807) is 41.3 Å². The molecule has 7 heteroatoms. The van der Waals surface area contributed by atoms with Gasteiger partial charge in [0.15, 0.2) is 0 Å². The molecule has 0 spiro atoms. The summed E-state index contributed by atoms with van der Waals surface area (Å²) in [6, 6.07) is 12.7. The predicted molar refractivity (Wildman–Crippen MR) is 113 cm³/mol. The Morgan fingerprint density at radius 1 is 1.10 bits per heavy atom. The van der Waals surface area contributed by atoms with Gasteiger partial charge in [0, 0.05) is 36.3 Å². The zero-order valence-electron chi connectivity index (χ0n) is 17.1. The summed E-state index contributed by atoms with van der Waals surface area (Å²) in [4.78, 5) is 15.1. The second kappa shape index (κ2) is 8.47. The van der Waals surface area contributed by atoms with Gasteiger partial charge in [-0.2, -0.15) is 4.31 Å². The Hall–Kier alpha value is -2.25. The van der Waals surface area contributed by atoms with Gasteiger partial charge in [-0.1, -0.05) is 30.7 Å². The lowest BCUT2D eigenvalue weighted by Gasteiger charge is -2.32. The highest BCUT2D eigenvalue weighted by Crippen LogP contribution is 2.31. The summed E-state index contributed by atoms with van der Waals surface area (Å²) < 4.78 is 42.0. The molecule has 4 rings (SSSR count). The molecule has 5 nitrogen and oxygen atoms in total. The van der Waals surface area contributed by atoms with E-state index in [0.717, 1.165) is 32.1 Å². The fourth-order valence-corrected chi connectivity index (χ4v) is 5.83. The largest absolute Gasteiger partial charge is 0.331 e. The third kappa shape index (κ3) is 4.27. The fourth-order valence-electron chi connectivity index (χ4n) is 4.08. The van der Waals surface area contributed by atoms with Crippen LogP contribution in [0.4, 0.5) is 4.39 Å². The van der Waals surface area contributed by atoms with Gasteiger partial charge in [0.1, 0.15) is 5.82 Å². The molecule has 160 valence electrons. The fraction of sp³-hybridized carbons (Fsp3) is 0.435. The number of rotatable bonds is 6. The van der Waals surface area contributed by atoms with Gasteiger partial charge in [0.25, 0.3) is 5.91 Å². The molecule has 2 aromatic carbocycles. The van der Waals surface area contributed by atoms with Crippen LogP contribution >= 0.6 is 0 Å². The number of nitrogens with zero attached hydrogens (tertiary/aromatic N) is 2. The second-order valence-electron chi connectivity index (χ2n) is 8.24. The molecule has 1 aliphatic heterocycles. The first-order chi connectivity index (χ1) is 14.4. The van der Waals surface area contributed by atoms with Crippen LogP contribution in [0.3, 0.4) is 0 Å². The van der Waals surface area contributed by atoms with Crippen LogP contribution in [-0.4, -0.2) is 42.2 Å². The molecular formula is C23H27FN2O3S. The molecule has 1 heterocycles. The molecule has 1 aliphatic carbocycles. The number of halogens is 1. The third-order valence-electron chi connectivity index (χ3n) is 5.98. The maximum absolute atomic E-state index is 14.1. The molecule has 1 saturated heterocycles. The molecule has 1 saturated carbocycles. The van der Waals surface area contributed by atoms with Crippen molar-refractivity contribution in [2.45, 2.75) is 62.6 Å². The summed E-state index contributed by atoms with van der Waals surface area (Å²) in [5.41, 5.74) is 0.785. The van der Waals surface area contributed by atoms with Crippen LogP contribution in [0.1, 0.15) is 54.9 Å². The van der Waals surface area contributed by atoms with Crippen molar-refractivity contribution in [3.8, 4) is 0 Å². The van der Waals surface area contributed by atoms with E-state index in [1.807, 2.05) is 6.92 Å². The zero-order chi connectivity index (χ0) is 21.3. The van der Waals surface area contributed by atoms with E-state index in [1.165, 1.54) is 16.4 Å². The maximum Gasteiger partial charge on any atom is 0.254 e. The Balaban J connectivity index is 1.60. The van der Waals surface area contributed by atoms with E-state index >= 15 is 0 Å². The topological polar surface area (TPSA) is 57.7 Å². The van der Waals surface area contributed by atoms with Crippen molar-refractivity contribution in [3.63, 3.8) is 0 Å². The first-order valence-corrected chi connectivity index (χ1v) is 12.0. The Morgan fingerprint density at radius 3 is 2.57 bits per heavy atom. The lowest BCUT2D eigenvalue weighted by atomic mass is 10.1. The number of benzene rings is 2. The lowest BCUT2D eigenvalue weighted by Crippen LogP contribution is -2.42. The lowest BCUT2D eigenvalue weighted by molar-refractivity contribution is 0.0728. The molecule has 0 radical (unpaired) electrons. The highest BCUT2D eigenvalue weighted by molar-refractivity contribution is 7.89. The van der Waals surface area contributed by atoms with Crippen molar-refractivity contribution in [2.75, 3.05) is 6.54 Å². The Bertz CT molecular complexity index is 1040. The van der Waals surface area contributed by atoms with Crippen LogP contribution in [0.25, 0.3) is 0 Å². The van der Waals surface area contributed by atoms with Gasteiger partial charge in [-0.05, 0) is 56.9 Å². The van der Waals surface area contributed by atoms with Gasteiger partial charge < -0.3 is 4.90 Å². The number of carbonyl (C=O) groups is 1. The van der Waals surface area contributed by atoms with E-state index in [9.17, 15) is 17.6 Å². The van der Waals surface area contributed by atoms with E-state index < -0.39 is 10.0 Å². The molecule has 0 aromatic heterocycles. The average molecular weight is 431 g/mol. The van der Waals surface area contributed by atoms with E-state index in [4.69, 9.17) is 0 Å². The predicted octanol–water partition coefficient (Wildman–Crippen LogP) is 4.19. The zero-order valence-corrected chi connectivity index (χ0v) is 17.9. The monoisotopic (exact) mass is 430 g/mol. The van der Waals surface area contributed by atoms with Gasteiger partial charge in [-0.25, -0.2) is 12.8 Å². The van der Waals surface area contributed by atoms with Crippen LogP contribution < -0.4 is 0 Å². The average Bonchev–Trinajstić information content (AvgIpc) is 3.58. The second-order valence-corrected chi connectivity index (χ2v) is 10.1. The smallest absolute Gasteiger partial charge is 0.254 e. The summed E-state index contributed by atoms with van der Waals surface area (Å²) in [7, 11) is -3.66. The number of hydrogen-bond donors (Lipinski definition) is 0. The minimum Gasteiger partial charge on any atom is -0.331 e. The van der Waals surface area contributed by atoms with Crippen LogP contribution in [0, 0.1) is 5.82 Å². The SMILES string of the molecule is CC1CCCCN1S(=O)(=O)c1cccc(C(=O)N(Cc2ccccc2F)C2CC2)c1. The van der Waals surface area contributed by atoms with Crippen molar-refractivity contribution in [1.82, 2.24) is 9.21 Å². The summed E-state index contributed by atoms with van der Waals surface area (Å²) in [5, 5.41) is 0. The quantitative estimate of drug-likeness (QED) is 0.690. The molecule has 1 amide bonds. The standard InChI is InChI=1S/C23H27FN2O3S/c1-17-7-4-5-14-26(17)30(28,29)21-10-6-9-18(15-21)23(27)25(20-12-13-20)16-19-8-2-3-11-22(19)24/h2-3,6,8-11,15,17,20H,4-5,7,12-14,16H2,1H3. The number of piperidine rings is 1. The molecule has 2 aromatic rings. The van der Waals surface area contributed by atoms with Crippen molar-refractivity contribution in [1.29, 1.82) is 0 Å². The normalized spacial score (nSPS) is 20.1. The molecule has 2 aliphatic rings. The first kappa shape index (κ1) is 21.0. The van der Waals surface area contributed by atoms with Crippen LogP contribution in [0.5, 0.6) is 0 Å². The minimum atomic E-state index is -3.66. The van der Waals surface area contributed by atoms with Gasteiger partial charge in [-0.3, -0.25) is 4.79 Å². The van der Waals surface area contributed by atoms with Gasteiger partial charge >= 0.3 is 0 Å². The number of hydrogen-bond acceptors (Lipinski definition) is 3. The van der Waals surface area contributed by atoms with Gasteiger partial charge in [0.05, 0.1) is 4.90 Å². The summed E-state index contributed by atoms with van der Waals surface area (Å²) in [6.07, 6.45) is 4.47. The summed E-state index contributed by atoms with van der Waals surface area (Å²) >= 11 is 0. The summed E-state index contributed by atoms with van der Waals surface area (Å²) in [5.74, 6) is -0.601. The van der Waals surface area contributed by atoms with E-state index in [-0.39, 0.29) is 35.2 Å². The Kier molecular flexibility index (Phi) is 5.93. The first-order valence-electron chi connectivity index (χ1n) is 10.5. The number of amides is 1. The van der Waals surface area contributed by atoms with Crippen LogP contribution in [0.15, 0.2) is 53.4 Å². The van der Waals surface area contributed by atoms with E-state index in [2.05, 4.69) is 0 Å². The highest BCUT2D eigenvalue weighted by Gasteiger charge is 2.35. The van der Waals surface area contributed by atoms with Crippen molar-refractivity contribution in [3.05, 3.63) is 65.5 Å². The van der Waals surface area contributed by atoms with Gasteiger partial charge in [0.2, 0.25) is 10.0 Å². The Labute approximate surface area is 177 Å².